The molecule has 2 rings (SSSR count). The van der Waals surface area contributed by atoms with Crippen LogP contribution in [0, 0.1) is 0 Å². The van der Waals surface area contributed by atoms with Gasteiger partial charge < -0.3 is 10.6 Å². The van der Waals surface area contributed by atoms with Crippen molar-refractivity contribution >= 4 is 17.3 Å². The molecule has 0 bridgehead atoms. The maximum atomic E-state index is 5.88. The van der Waals surface area contributed by atoms with Gasteiger partial charge in [-0.25, -0.2) is 0 Å². The highest BCUT2D eigenvalue weighted by Gasteiger charge is 2.23. The van der Waals surface area contributed by atoms with Crippen molar-refractivity contribution in [1.82, 2.24) is 9.80 Å². The first-order valence-electron chi connectivity index (χ1n) is 6.43. The third kappa shape index (κ3) is 3.23. The first-order valence-corrected chi connectivity index (χ1v) is 7.31. The second kappa shape index (κ2) is 6.20. The molecule has 0 saturated carbocycles. The molecule has 1 unspecified atom stereocenters. The number of guanidine groups is 1. The van der Waals surface area contributed by atoms with Crippen LogP contribution >= 0.6 is 11.3 Å². The number of thiophene rings is 1. The quantitative estimate of drug-likeness (QED) is 0.667. The molecule has 1 aromatic heterocycles. The predicted octanol–water partition coefficient (Wildman–Crippen LogP) is 1.76. The summed E-state index contributed by atoms with van der Waals surface area (Å²) in [6.45, 7) is 3.12. The number of nitrogens with zero attached hydrogens (tertiary/aromatic N) is 3. The van der Waals surface area contributed by atoms with Gasteiger partial charge in [-0.2, -0.15) is 0 Å². The Morgan fingerprint density at radius 1 is 1.50 bits per heavy atom. The van der Waals surface area contributed by atoms with Gasteiger partial charge >= 0.3 is 0 Å². The zero-order valence-corrected chi connectivity index (χ0v) is 12.0. The molecule has 100 valence electrons. The lowest BCUT2D eigenvalue weighted by Crippen LogP contribution is -2.33. The minimum atomic E-state index is 0.394. The van der Waals surface area contributed by atoms with Crippen molar-refractivity contribution in [2.24, 2.45) is 10.7 Å². The van der Waals surface area contributed by atoms with Crippen LogP contribution in [-0.4, -0.2) is 49.5 Å². The maximum Gasteiger partial charge on any atom is 0.190 e. The number of aliphatic imine (C=N–C) groups is 1. The smallest absolute Gasteiger partial charge is 0.190 e. The van der Waals surface area contributed by atoms with E-state index in [2.05, 4.69) is 27.4 Å². The Balaban J connectivity index is 2.08. The summed E-state index contributed by atoms with van der Waals surface area (Å²) in [4.78, 5) is 10.3. The van der Waals surface area contributed by atoms with E-state index in [9.17, 15) is 0 Å². The Bertz CT molecular complexity index is 380. The first-order chi connectivity index (χ1) is 8.68. The van der Waals surface area contributed by atoms with Crippen LogP contribution in [0.3, 0.4) is 0 Å². The van der Waals surface area contributed by atoms with Crippen LogP contribution in [0.5, 0.6) is 0 Å². The molecule has 2 heterocycles. The van der Waals surface area contributed by atoms with Gasteiger partial charge in [-0.1, -0.05) is 6.07 Å². The van der Waals surface area contributed by atoms with Gasteiger partial charge in [-0.15, -0.1) is 11.3 Å². The Morgan fingerprint density at radius 3 is 2.78 bits per heavy atom. The summed E-state index contributed by atoms with van der Waals surface area (Å²) in [5.41, 5.74) is 5.88. The van der Waals surface area contributed by atoms with Crippen LogP contribution in [-0.2, 0) is 0 Å². The molecule has 0 aromatic carbocycles. The lowest BCUT2D eigenvalue weighted by Gasteiger charge is -2.25. The van der Waals surface area contributed by atoms with E-state index in [-0.39, 0.29) is 0 Å². The summed E-state index contributed by atoms with van der Waals surface area (Å²) < 4.78 is 0. The van der Waals surface area contributed by atoms with Crippen molar-refractivity contribution in [3.05, 3.63) is 22.4 Å². The third-order valence-electron chi connectivity index (χ3n) is 3.34. The fraction of sp³-hybridized carbons (Fsp3) is 0.615. The average Bonchev–Trinajstić information content (AvgIpc) is 3.01. The highest BCUT2D eigenvalue weighted by Crippen LogP contribution is 2.28. The van der Waals surface area contributed by atoms with Gasteiger partial charge in [-0.05, 0) is 37.4 Å². The second-order valence-electron chi connectivity index (χ2n) is 4.87. The van der Waals surface area contributed by atoms with E-state index in [1.54, 1.807) is 0 Å². The van der Waals surface area contributed by atoms with Gasteiger partial charge in [0.05, 0.1) is 12.6 Å². The molecule has 1 aliphatic rings. The van der Waals surface area contributed by atoms with Crippen molar-refractivity contribution in [1.29, 1.82) is 0 Å². The summed E-state index contributed by atoms with van der Waals surface area (Å²) in [6, 6.07) is 4.71. The summed E-state index contributed by atoms with van der Waals surface area (Å²) in [5, 5.41) is 2.14. The molecular formula is C13H22N4S. The Labute approximate surface area is 113 Å². The Morgan fingerprint density at radius 2 is 2.22 bits per heavy atom. The van der Waals surface area contributed by atoms with Crippen molar-refractivity contribution in [2.45, 2.75) is 18.9 Å². The van der Waals surface area contributed by atoms with Crippen LogP contribution in [0.25, 0.3) is 0 Å². The molecular weight excluding hydrogens is 244 g/mol. The van der Waals surface area contributed by atoms with E-state index >= 15 is 0 Å². The molecule has 18 heavy (non-hydrogen) atoms. The van der Waals surface area contributed by atoms with Crippen LogP contribution in [0.2, 0.25) is 0 Å². The summed E-state index contributed by atoms with van der Waals surface area (Å²) in [6.07, 6.45) is 2.60. The van der Waals surface area contributed by atoms with Gasteiger partial charge in [0.2, 0.25) is 0 Å². The first kappa shape index (κ1) is 13.4. The van der Waals surface area contributed by atoms with Crippen LogP contribution in [0.1, 0.15) is 23.8 Å². The van der Waals surface area contributed by atoms with E-state index in [0.717, 1.165) is 6.54 Å². The summed E-state index contributed by atoms with van der Waals surface area (Å²) >= 11 is 1.81. The summed E-state index contributed by atoms with van der Waals surface area (Å²) in [5.74, 6) is 0.607. The minimum absolute atomic E-state index is 0.394. The van der Waals surface area contributed by atoms with Crippen molar-refractivity contribution < 1.29 is 0 Å². The van der Waals surface area contributed by atoms with Gasteiger partial charge in [0.25, 0.3) is 0 Å². The van der Waals surface area contributed by atoms with Crippen molar-refractivity contribution in [2.75, 3.05) is 33.7 Å². The van der Waals surface area contributed by atoms with E-state index in [0.29, 0.717) is 12.0 Å². The van der Waals surface area contributed by atoms with Crippen molar-refractivity contribution in [3.8, 4) is 0 Å². The largest absolute Gasteiger partial charge is 0.370 e. The molecule has 1 aromatic rings. The van der Waals surface area contributed by atoms with E-state index in [1.165, 1.54) is 30.8 Å². The third-order valence-corrected chi connectivity index (χ3v) is 4.31. The number of hydrogen-bond donors (Lipinski definition) is 1. The number of hydrogen-bond acceptors (Lipinski definition) is 3. The molecule has 4 nitrogen and oxygen atoms in total. The highest BCUT2D eigenvalue weighted by atomic mass is 32.1. The van der Waals surface area contributed by atoms with Gasteiger partial charge in [-0.3, -0.25) is 9.89 Å². The molecule has 0 radical (unpaired) electrons. The van der Waals surface area contributed by atoms with E-state index < -0.39 is 0 Å². The molecule has 1 aliphatic heterocycles. The average molecular weight is 266 g/mol. The standard InChI is InChI=1S/C13H22N4S/c1-16(2)13(14)15-10-11(12-6-5-9-18-12)17-7-3-4-8-17/h5-6,9,11H,3-4,7-8,10H2,1-2H3,(H2,14,15). The van der Waals surface area contributed by atoms with Crippen LogP contribution < -0.4 is 5.73 Å². The van der Waals surface area contributed by atoms with E-state index in [4.69, 9.17) is 5.73 Å². The lowest BCUT2D eigenvalue weighted by atomic mass is 10.2. The van der Waals surface area contributed by atoms with Crippen molar-refractivity contribution in [3.63, 3.8) is 0 Å². The fourth-order valence-corrected chi connectivity index (χ4v) is 3.09. The molecule has 0 amide bonds. The Kier molecular flexibility index (Phi) is 4.60. The normalized spacial score (nSPS) is 19.1. The zero-order chi connectivity index (χ0) is 13.0. The molecule has 0 spiro atoms. The maximum absolute atomic E-state index is 5.88. The van der Waals surface area contributed by atoms with Gasteiger partial charge in [0.15, 0.2) is 5.96 Å². The predicted molar refractivity (Wildman–Crippen MR) is 78.0 cm³/mol. The number of likely N-dealkylation sites (tertiary alicyclic amines) is 1. The number of rotatable bonds is 4. The number of nitrogens with two attached hydrogens (primary N) is 1. The zero-order valence-electron chi connectivity index (χ0n) is 11.2. The SMILES string of the molecule is CN(C)C(N)=NCC(c1cccs1)N1CCCC1. The van der Waals surface area contributed by atoms with Crippen LogP contribution in [0.4, 0.5) is 0 Å². The molecule has 1 atom stereocenters. The molecule has 1 fully saturated rings. The molecule has 1 saturated heterocycles. The second-order valence-corrected chi connectivity index (χ2v) is 5.85. The minimum Gasteiger partial charge on any atom is -0.370 e. The highest BCUT2D eigenvalue weighted by molar-refractivity contribution is 7.10. The van der Waals surface area contributed by atoms with Gasteiger partial charge in [0.1, 0.15) is 0 Å². The Hall–Kier alpha value is -1.07. The fourth-order valence-electron chi connectivity index (χ4n) is 2.24. The summed E-state index contributed by atoms with van der Waals surface area (Å²) in [7, 11) is 3.85. The molecule has 2 N–H and O–H groups in total. The van der Waals surface area contributed by atoms with E-state index in [1.807, 2.05) is 30.3 Å². The van der Waals surface area contributed by atoms with Gasteiger partial charge in [0, 0.05) is 19.0 Å². The van der Waals surface area contributed by atoms with Crippen LogP contribution in [0.15, 0.2) is 22.5 Å². The monoisotopic (exact) mass is 266 g/mol. The molecule has 5 heteroatoms. The lowest BCUT2D eigenvalue weighted by molar-refractivity contribution is 0.255. The topological polar surface area (TPSA) is 44.9 Å². The molecule has 0 aliphatic carbocycles.